The number of hydrogen-bond acceptors (Lipinski definition) is 4. The van der Waals surface area contributed by atoms with Crippen LogP contribution >= 0.6 is 0 Å². The van der Waals surface area contributed by atoms with Crippen molar-refractivity contribution in [3.05, 3.63) is 119 Å². The van der Waals surface area contributed by atoms with E-state index in [0.29, 0.717) is 11.5 Å². The second-order valence-corrected chi connectivity index (χ2v) is 7.38. The summed E-state index contributed by atoms with van der Waals surface area (Å²) < 4.78 is 11.4. The van der Waals surface area contributed by atoms with Gasteiger partial charge < -0.3 is 19.7 Å². The van der Waals surface area contributed by atoms with E-state index in [1.807, 2.05) is 72.8 Å². The third-order valence-corrected chi connectivity index (χ3v) is 5.97. The normalized spacial score (nSPS) is 13.4. The van der Waals surface area contributed by atoms with Crippen LogP contribution in [-0.2, 0) is 5.41 Å². The van der Waals surface area contributed by atoms with E-state index in [2.05, 4.69) is 24.3 Å². The summed E-state index contributed by atoms with van der Waals surface area (Å²) >= 11 is 0. The molecule has 2 N–H and O–H groups in total. The third-order valence-electron chi connectivity index (χ3n) is 5.97. The Hall–Kier alpha value is -3.60. The highest BCUT2D eigenvalue weighted by Crippen LogP contribution is 2.59. The summed E-state index contributed by atoms with van der Waals surface area (Å²) in [6.45, 7) is -0.851. The van der Waals surface area contributed by atoms with Gasteiger partial charge in [0.1, 0.15) is 11.5 Å². The van der Waals surface area contributed by atoms with Crippen LogP contribution in [0.2, 0.25) is 0 Å². The molecule has 0 radical (unpaired) electrons. The van der Waals surface area contributed by atoms with E-state index in [1.54, 1.807) is 0 Å². The molecule has 0 amide bonds. The summed E-state index contributed by atoms with van der Waals surface area (Å²) in [6.07, 6.45) is 0. The van der Waals surface area contributed by atoms with Crippen molar-refractivity contribution in [1.29, 1.82) is 0 Å². The predicted octanol–water partition coefficient (Wildman–Crippen LogP) is 4.71. The molecule has 0 heterocycles. The van der Waals surface area contributed by atoms with Gasteiger partial charge in [0.15, 0.2) is 13.6 Å². The molecule has 4 nitrogen and oxygen atoms in total. The smallest absolute Gasteiger partial charge is 0.186 e. The largest absolute Gasteiger partial charge is 0.467 e. The van der Waals surface area contributed by atoms with Crippen molar-refractivity contribution in [2.45, 2.75) is 5.41 Å². The summed E-state index contributed by atoms with van der Waals surface area (Å²) in [5.74, 6) is 1.19. The van der Waals surface area contributed by atoms with Crippen molar-refractivity contribution in [3.8, 4) is 22.6 Å². The highest BCUT2D eigenvalue weighted by Gasteiger charge is 2.48. The minimum Gasteiger partial charge on any atom is -0.467 e. The van der Waals surface area contributed by atoms with E-state index >= 15 is 0 Å². The second kappa shape index (κ2) is 7.91. The lowest BCUT2D eigenvalue weighted by molar-refractivity contribution is 0.0957. The molecular formula is C27H22O4. The fraction of sp³-hybridized carbons (Fsp3) is 0.111. The van der Waals surface area contributed by atoms with Crippen molar-refractivity contribution in [2.24, 2.45) is 0 Å². The zero-order valence-corrected chi connectivity index (χ0v) is 16.9. The zero-order valence-electron chi connectivity index (χ0n) is 16.9. The van der Waals surface area contributed by atoms with Gasteiger partial charge in [-0.05, 0) is 34.4 Å². The van der Waals surface area contributed by atoms with Gasteiger partial charge >= 0.3 is 0 Å². The van der Waals surface area contributed by atoms with Crippen LogP contribution in [-0.4, -0.2) is 23.8 Å². The van der Waals surface area contributed by atoms with Gasteiger partial charge in [-0.25, -0.2) is 0 Å². The minimum atomic E-state index is -0.745. The van der Waals surface area contributed by atoms with Gasteiger partial charge in [0, 0.05) is 11.1 Å². The number of fused-ring (bicyclic) bond motifs is 3. The first kappa shape index (κ1) is 19.4. The molecule has 5 rings (SSSR count). The minimum absolute atomic E-state index is 0.425. The van der Waals surface area contributed by atoms with Crippen LogP contribution in [0.3, 0.4) is 0 Å². The molecule has 0 fully saturated rings. The first-order chi connectivity index (χ1) is 15.3. The summed E-state index contributed by atoms with van der Waals surface area (Å²) in [7, 11) is 0. The third kappa shape index (κ3) is 2.84. The Morgan fingerprint density at radius 3 is 1.26 bits per heavy atom. The number of benzene rings is 4. The van der Waals surface area contributed by atoms with Crippen LogP contribution in [0.4, 0.5) is 0 Å². The number of ether oxygens (including phenoxy) is 2. The van der Waals surface area contributed by atoms with Gasteiger partial charge in [-0.2, -0.15) is 0 Å². The predicted molar refractivity (Wildman–Crippen MR) is 119 cm³/mol. The molecule has 1 aliphatic rings. The van der Waals surface area contributed by atoms with Crippen LogP contribution in [0, 0.1) is 0 Å². The number of aliphatic hydroxyl groups excluding tert-OH is 2. The van der Waals surface area contributed by atoms with Crippen LogP contribution in [0.5, 0.6) is 11.5 Å². The molecule has 0 saturated heterocycles. The van der Waals surface area contributed by atoms with Crippen molar-refractivity contribution < 1.29 is 19.7 Å². The first-order valence-electron chi connectivity index (χ1n) is 10.2. The SMILES string of the molecule is OCOc1ccccc1C1(c2ccccc2OCO)c2ccccc2-c2ccccc21. The Labute approximate surface area is 181 Å². The van der Waals surface area contributed by atoms with E-state index in [4.69, 9.17) is 9.47 Å². The standard InChI is InChI=1S/C27H22O4/c28-17-30-25-15-7-5-13-23(25)27(24-14-6-8-16-26(24)31-18-29)21-11-3-1-9-19(21)20-10-2-4-12-22(20)27/h1-16,28-29H,17-18H2. The Bertz CT molecular complexity index is 1130. The fourth-order valence-corrected chi connectivity index (χ4v) is 4.90. The molecule has 0 bridgehead atoms. The van der Waals surface area contributed by atoms with Crippen molar-refractivity contribution >= 4 is 0 Å². The molecular weight excluding hydrogens is 388 g/mol. The average Bonchev–Trinajstić information content (AvgIpc) is 3.12. The maximum atomic E-state index is 9.59. The lowest BCUT2D eigenvalue weighted by Crippen LogP contribution is -2.30. The van der Waals surface area contributed by atoms with Gasteiger partial charge in [0.2, 0.25) is 0 Å². The van der Waals surface area contributed by atoms with Crippen molar-refractivity contribution in [2.75, 3.05) is 13.6 Å². The highest BCUT2D eigenvalue weighted by molar-refractivity contribution is 5.87. The maximum Gasteiger partial charge on any atom is 0.186 e. The first-order valence-corrected chi connectivity index (χ1v) is 10.2. The van der Waals surface area contributed by atoms with Gasteiger partial charge in [-0.15, -0.1) is 0 Å². The molecule has 4 heteroatoms. The molecule has 4 aromatic rings. The maximum absolute atomic E-state index is 9.59. The molecule has 0 spiro atoms. The topological polar surface area (TPSA) is 58.9 Å². The van der Waals surface area contributed by atoms with E-state index in [0.717, 1.165) is 33.4 Å². The molecule has 0 aromatic heterocycles. The second-order valence-electron chi connectivity index (χ2n) is 7.38. The molecule has 0 aliphatic heterocycles. The Balaban J connectivity index is 1.97. The molecule has 31 heavy (non-hydrogen) atoms. The monoisotopic (exact) mass is 410 g/mol. The molecule has 0 unspecified atom stereocenters. The molecule has 0 atom stereocenters. The molecule has 1 aliphatic carbocycles. The molecule has 154 valence electrons. The summed E-state index contributed by atoms with van der Waals surface area (Å²) in [6, 6.07) is 32.2. The number of rotatable bonds is 6. The van der Waals surface area contributed by atoms with Crippen LogP contribution in [0.25, 0.3) is 11.1 Å². The van der Waals surface area contributed by atoms with Crippen molar-refractivity contribution in [1.82, 2.24) is 0 Å². The summed E-state index contributed by atoms with van der Waals surface area (Å²) in [4.78, 5) is 0. The summed E-state index contributed by atoms with van der Waals surface area (Å²) in [5, 5.41) is 19.2. The quantitative estimate of drug-likeness (QED) is 0.398. The zero-order chi connectivity index (χ0) is 21.3. The number of hydrogen-bond donors (Lipinski definition) is 2. The highest BCUT2D eigenvalue weighted by atomic mass is 16.6. The van der Waals surface area contributed by atoms with Crippen LogP contribution < -0.4 is 9.47 Å². The van der Waals surface area contributed by atoms with Crippen LogP contribution in [0.1, 0.15) is 22.3 Å². The van der Waals surface area contributed by atoms with Gasteiger partial charge in [-0.3, -0.25) is 0 Å². The lowest BCUT2D eigenvalue weighted by atomic mass is 9.67. The van der Waals surface area contributed by atoms with E-state index in [1.165, 1.54) is 0 Å². The van der Waals surface area contributed by atoms with E-state index in [-0.39, 0.29) is 0 Å². The summed E-state index contributed by atoms with van der Waals surface area (Å²) in [5.41, 5.74) is 5.51. The lowest BCUT2D eigenvalue weighted by Gasteiger charge is -2.35. The number of para-hydroxylation sites is 2. The molecule has 4 aromatic carbocycles. The van der Waals surface area contributed by atoms with E-state index < -0.39 is 19.0 Å². The van der Waals surface area contributed by atoms with Crippen molar-refractivity contribution in [3.63, 3.8) is 0 Å². The Morgan fingerprint density at radius 1 is 0.484 bits per heavy atom. The fourth-order valence-electron chi connectivity index (χ4n) is 4.90. The van der Waals surface area contributed by atoms with Gasteiger partial charge in [-0.1, -0.05) is 84.9 Å². The Morgan fingerprint density at radius 2 is 0.839 bits per heavy atom. The average molecular weight is 410 g/mol. The van der Waals surface area contributed by atoms with E-state index in [9.17, 15) is 10.2 Å². The van der Waals surface area contributed by atoms with Gasteiger partial charge in [0.05, 0.1) is 5.41 Å². The Kier molecular flexibility index (Phi) is 4.94. The number of aliphatic hydroxyl groups is 2. The molecule has 0 saturated carbocycles. The van der Waals surface area contributed by atoms with Crippen LogP contribution in [0.15, 0.2) is 97.1 Å². The van der Waals surface area contributed by atoms with Gasteiger partial charge in [0.25, 0.3) is 0 Å².